The maximum absolute atomic E-state index is 12.5. The fourth-order valence-corrected chi connectivity index (χ4v) is 4.22. The van der Waals surface area contributed by atoms with Gasteiger partial charge >= 0.3 is 0 Å². The number of methoxy groups -OCH3 is 1. The number of carbonyl (C=O) groups excluding carboxylic acids is 2. The topological polar surface area (TPSA) is 74.2 Å². The third-order valence-electron chi connectivity index (χ3n) is 5.87. The number of ether oxygens (including phenoxy) is 1. The Bertz CT molecular complexity index is 952. The normalized spacial score (nSPS) is 18.5. The average Bonchev–Trinajstić information content (AvgIpc) is 3.38. The van der Waals surface area contributed by atoms with Crippen LogP contribution in [0.15, 0.2) is 53.5 Å². The Morgan fingerprint density at radius 3 is 2.39 bits per heavy atom. The number of hydrogen-bond donors (Lipinski definition) is 1. The predicted octanol–water partition coefficient (Wildman–Crippen LogP) is 2.75. The molecule has 0 aromatic heterocycles. The van der Waals surface area contributed by atoms with Crippen LogP contribution < -0.4 is 10.1 Å². The third-order valence-corrected chi connectivity index (χ3v) is 5.87. The van der Waals surface area contributed by atoms with E-state index in [4.69, 9.17) is 9.73 Å². The SMILES string of the molecule is CCNC(=NCCN1C(=O)c2ccccc2C1=O)N1CCC(c2ccc(OC)cc2)C1. The Balaban J connectivity index is 1.39. The summed E-state index contributed by atoms with van der Waals surface area (Å²) < 4.78 is 5.25. The number of aliphatic imine (C=N–C) groups is 1. The molecule has 7 heteroatoms. The number of nitrogens with one attached hydrogen (secondary N) is 1. The molecular weight excluding hydrogens is 392 g/mol. The van der Waals surface area contributed by atoms with Gasteiger partial charge < -0.3 is 15.0 Å². The van der Waals surface area contributed by atoms with Gasteiger partial charge in [0, 0.05) is 32.1 Å². The number of imide groups is 1. The van der Waals surface area contributed by atoms with E-state index in [0.717, 1.165) is 37.8 Å². The molecule has 2 amide bonds. The first-order valence-corrected chi connectivity index (χ1v) is 10.7. The van der Waals surface area contributed by atoms with E-state index in [0.29, 0.717) is 23.6 Å². The van der Waals surface area contributed by atoms with E-state index in [1.807, 2.05) is 19.1 Å². The fraction of sp³-hybridized carbons (Fsp3) is 0.375. The molecule has 31 heavy (non-hydrogen) atoms. The lowest BCUT2D eigenvalue weighted by atomic mass is 9.98. The van der Waals surface area contributed by atoms with Crippen LogP contribution in [-0.4, -0.2) is 67.4 Å². The minimum atomic E-state index is -0.235. The van der Waals surface area contributed by atoms with Crippen molar-refractivity contribution >= 4 is 17.8 Å². The van der Waals surface area contributed by atoms with E-state index >= 15 is 0 Å². The fourth-order valence-electron chi connectivity index (χ4n) is 4.22. The van der Waals surface area contributed by atoms with E-state index in [1.54, 1.807) is 31.4 Å². The number of likely N-dealkylation sites (tertiary alicyclic amines) is 1. The van der Waals surface area contributed by atoms with Gasteiger partial charge in [0.15, 0.2) is 5.96 Å². The molecule has 1 unspecified atom stereocenters. The highest BCUT2D eigenvalue weighted by atomic mass is 16.5. The van der Waals surface area contributed by atoms with Gasteiger partial charge in [-0.2, -0.15) is 0 Å². The monoisotopic (exact) mass is 420 g/mol. The summed E-state index contributed by atoms with van der Waals surface area (Å²) >= 11 is 0. The second-order valence-corrected chi connectivity index (χ2v) is 7.75. The van der Waals surface area contributed by atoms with E-state index in [-0.39, 0.29) is 18.4 Å². The zero-order chi connectivity index (χ0) is 21.8. The van der Waals surface area contributed by atoms with Gasteiger partial charge in [-0.25, -0.2) is 0 Å². The summed E-state index contributed by atoms with van der Waals surface area (Å²) in [5, 5.41) is 3.35. The molecule has 2 aliphatic heterocycles. The Hall–Kier alpha value is -3.35. The van der Waals surface area contributed by atoms with Crippen LogP contribution in [-0.2, 0) is 0 Å². The van der Waals surface area contributed by atoms with Crippen molar-refractivity contribution in [1.82, 2.24) is 15.1 Å². The molecule has 2 aromatic carbocycles. The van der Waals surface area contributed by atoms with Crippen LogP contribution in [0, 0.1) is 0 Å². The van der Waals surface area contributed by atoms with Gasteiger partial charge in [-0.3, -0.25) is 19.5 Å². The predicted molar refractivity (Wildman–Crippen MR) is 120 cm³/mol. The van der Waals surface area contributed by atoms with Gasteiger partial charge in [0.25, 0.3) is 11.8 Å². The molecule has 1 atom stereocenters. The lowest BCUT2D eigenvalue weighted by molar-refractivity contribution is 0.0659. The summed E-state index contributed by atoms with van der Waals surface area (Å²) in [4.78, 5) is 33.3. The summed E-state index contributed by atoms with van der Waals surface area (Å²) in [6, 6.07) is 15.2. The Morgan fingerprint density at radius 1 is 1.10 bits per heavy atom. The van der Waals surface area contributed by atoms with Crippen molar-refractivity contribution in [3.8, 4) is 5.75 Å². The van der Waals surface area contributed by atoms with E-state index < -0.39 is 0 Å². The zero-order valence-corrected chi connectivity index (χ0v) is 18.0. The molecule has 1 fully saturated rings. The number of benzene rings is 2. The molecule has 162 valence electrons. The second kappa shape index (κ2) is 9.20. The molecule has 0 spiro atoms. The van der Waals surface area contributed by atoms with Crippen molar-refractivity contribution in [1.29, 1.82) is 0 Å². The van der Waals surface area contributed by atoms with Crippen LogP contribution >= 0.6 is 0 Å². The number of guanidine groups is 1. The molecule has 1 N–H and O–H groups in total. The molecule has 7 nitrogen and oxygen atoms in total. The van der Waals surface area contributed by atoms with Crippen LogP contribution in [0.2, 0.25) is 0 Å². The number of fused-ring (bicyclic) bond motifs is 1. The molecular formula is C24H28N4O3. The summed E-state index contributed by atoms with van der Waals surface area (Å²) in [7, 11) is 1.67. The summed E-state index contributed by atoms with van der Waals surface area (Å²) in [5.41, 5.74) is 2.25. The molecule has 0 aliphatic carbocycles. The highest BCUT2D eigenvalue weighted by Crippen LogP contribution is 2.28. The van der Waals surface area contributed by atoms with Crippen molar-refractivity contribution in [3.05, 3.63) is 65.2 Å². The molecule has 2 aliphatic rings. The minimum Gasteiger partial charge on any atom is -0.497 e. The van der Waals surface area contributed by atoms with Gasteiger partial charge in [-0.05, 0) is 43.2 Å². The van der Waals surface area contributed by atoms with E-state index in [9.17, 15) is 9.59 Å². The van der Waals surface area contributed by atoms with Crippen LogP contribution in [0.5, 0.6) is 5.75 Å². The zero-order valence-electron chi connectivity index (χ0n) is 18.0. The molecule has 4 rings (SSSR count). The quantitative estimate of drug-likeness (QED) is 0.442. The highest BCUT2D eigenvalue weighted by Gasteiger charge is 2.34. The molecule has 0 bridgehead atoms. The Morgan fingerprint density at radius 2 is 1.77 bits per heavy atom. The maximum Gasteiger partial charge on any atom is 0.261 e. The van der Waals surface area contributed by atoms with Crippen LogP contribution in [0.25, 0.3) is 0 Å². The van der Waals surface area contributed by atoms with Gasteiger partial charge in [0.2, 0.25) is 0 Å². The number of nitrogens with zero attached hydrogens (tertiary/aromatic N) is 3. The number of amides is 2. The van der Waals surface area contributed by atoms with Crippen molar-refractivity contribution in [2.75, 3.05) is 39.8 Å². The lowest BCUT2D eigenvalue weighted by Gasteiger charge is -2.22. The number of hydrogen-bond acceptors (Lipinski definition) is 4. The third kappa shape index (κ3) is 4.26. The summed E-state index contributed by atoms with van der Waals surface area (Å²) in [6.07, 6.45) is 1.05. The Labute approximate surface area is 182 Å². The van der Waals surface area contributed by atoms with Gasteiger partial charge in [-0.15, -0.1) is 0 Å². The second-order valence-electron chi connectivity index (χ2n) is 7.75. The first kappa shape index (κ1) is 20.9. The Kier molecular flexibility index (Phi) is 6.21. The van der Waals surface area contributed by atoms with Gasteiger partial charge in [0.1, 0.15) is 5.75 Å². The summed E-state index contributed by atoms with van der Waals surface area (Å²) in [5.74, 6) is 1.66. The molecule has 1 saturated heterocycles. The van der Waals surface area contributed by atoms with Gasteiger partial charge in [0.05, 0.1) is 24.8 Å². The first-order valence-electron chi connectivity index (χ1n) is 10.7. The van der Waals surface area contributed by atoms with E-state index in [2.05, 4.69) is 22.3 Å². The number of carbonyl (C=O) groups is 2. The number of rotatable bonds is 6. The molecule has 2 heterocycles. The van der Waals surface area contributed by atoms with Crippen molar-refractivity contribution < 1.29 is 14.3 Å². The smallest absolute Gasteiger partial charge is 0.261 e. The van der Waals surface area contributed by atoms with Crippen LogP contribution in [0.1, 0.15) is 45.5 Å². The standard InChI is InChI=1S/C24H28N4O3/c1-3-25-24(27-14-12-18(16-27)17-8-10-19(31-2)11-9-17)26-13-15-28-22(29)20-6-4-5-7-21(20)23(28)30/h4-11,18H,3,12-16H2,1-2H3,(H,25,26). The molecule has 0 saturated carbocycles. The largest absolute Gasteiger partial charge is 0.497 e. The van der Waals surface area contributed by atoms with Crippen molar-refractivity contribution in [3.63, 3.8) is 0 Å². The van der Waals surface area contributed by atoms with Crippen molar-refractivity contribution in [2.45, 2.75) is 19.3 Å². The minimum absolute atomic E-state index is 0.235. The maximum atomic E-state index is 12.5. The van der Waals surface area contributed by atoms with Crippen LogP contribution in [0.4, 0.5) is 0 Å². The summed E-state index contributed by atoms with van der Waals surface area (Å²) in [6.45, 7) is 5.24. The molecule has 0 radical (unpaired) electrons. The van der Waals surface area contributed by atoms with Gasteiger partial charge in [-0.1, -0.05) is 24.3 Å². The van der Waals surface area contributed by atoms with Crippen LogP contribution in [0.3, 0.4) is 0 Å². The lowest BCUT2D eigenvalue weighted by Crippen LogP contribution is -2.41. The van der Waals surface area contributed by atoms with E-state index in [1.165, 1.54) is 10.5 Å². The molecule has 2 aromatic rings. The highest BCUT2D eigenvalue weighted by molar-refractivity contribution is 6.21. The van der Waals surface area contributed by atoms with Crippen molar-refractivity contribution in [2.24, 2.45) is 4.99 Å². The average molecular weight is 421 g/mol. The first-order chi connectivity index (χ1) is 15.1.